The number of hydrogen-bond donors (Lipinski definition) is 0. The Labute approximate surface area is 117 Å². The standard InChI is InChI=1S/C15H14O4S/c1-11-3-7-13(8-4-11)19-15(16)12-5-9-14(10-6-12)20(2,17)18/h3-10H,1-2H3. The summed E-state index contributed by atoms with van der Waals surface area (Å²) in [5.74, 6) is -0.0679. The van der Waals surface area contributed by atoms with E-state index in [1.54, 1.807) is 12.1 Å². The SMILES string of the molecule is Cc1ccc(OC(=O)c2ccc(S(C)(=O)=O)cc2)cc1. The zero-order valence-corrected chi connectivity index (χ0v) is 12.0. The maximum Gasteiger partial charge on any atom is 0.343 e. The molecule has 104 valence electrons. The van der Waals surface area contributed by atoms with Crippen LogP contribution in [0.1, 0.15) is 15.9 Å². The van der Waals surface area contributed by atoms with Crippen LogP contribution in [-0.4, -0.2) is 20.6 Å². The molecule has 0 heterocycles. The molecule has 0 saturated heterocycles. The van der Waals surface area contributed by atoms with Crippen LogP contribution in [0, 0.1) is 6.92 Å². The molecule has 0 atom stereocenters. The third-order valence-electron chi connectivity index (χ3n) is 2.75. The molecule has 0 bridgehead atoms. The Hall–Kier alpha value is -2.14. The number of ether oxygens (including phenoxy) is 1. The third kappa shape index (κ3) is 3.45. The minimum Gasteiger partial charge on any atom is -0.423 e. The lowest BCUT2D eigenvalue weighted by Gasteiger charge is -2.05. The molecule has 20 heavy (non-hydrogen) atoms. The number of sulfone groups is 1. The van der Waals surface area contributed by atoms with Gasteiger partial charge in [-0.2, -0.15) is 0 Å². The summed E-state index contributed by atoms with van der Waals surface area (Å²) in [6, 6.07) is 12.8. The number of rotatable bonds is 3. The Morgan fingerprint density at radius 1 is 0.950 bits per heavy atom. The molecule has 0 saturated carbocycles. The lowest BCUT2D eigenvalue weighted by atomic mass is 10.2. The van der Waals surface area contributed by atoms with Gasteiger partial charge in [0.05, 0.1) is 10.5 Å². The molecule has 0 spiro atoms. The first kappa shape index (κ1) is 14.3. The Morgan fingerprint density at radius 2 is 1.50 bits per heavy atom. The van der Waals surface area contributed by atoms with E-state index >= 15 is 0 Å². The second-order valence-corrected chi connectivity index (χ2v) is 6.51. The van der Waals surface area contributed by atoms with Gasteiger partial charge in [0.25, 0.3) is 0 Å². The van der Waals surface area contributed by atoms with Crippen molar-refractivity contribution in [3.8, 4) is 5.75 Å². The highest BCUT2D eigenvalue weighted by Gasteiger charge is 2.11. The molecule has 0 amide bonds. The van der Waals surface area contributed by atoms with E-state index in [0.29, 0.717) is 11.3 Å². The number of hydrogen-bond acceptors (Lipinski definition) is 4. The fraction of sp³-hybridized carbons (Fsp3) is 0.133. The van der Waals surface area contributed by atoms with Crippen LogP contribution in [-0.2, 0) is 9.84 Å². The van der Waals surface area contributed by atoms with Crippen molar-refractivity contribution in [2.75, 3.05) is 6.26 Å². The Kier molecular flexibility index (Phi) is 3.90. The van der Waals surface area contributed by atoms with E-state index in [1.165, 1.54) is 24.3 Å². The summed E-state index contributed by atoms with van der Waals surface area (Å²) in [5, 5.41) is 0. The van der Waals surface area contributed by atoms with Crippen molar-refractivity contribution < 1.29 is 17.9 Å². The van der Waals surface area contributed by atoms with Gasteiger partial charge in [0, 0.05) is 6.26 Å². The van der Waals surface area contributed by atoms with Crippen LogP contribution in [0.4, 0.5) is 0 Å². The summed E-state index contributed by atoms with van der Waals surface area (Å²) in [6.07, 6.45) is 1.12. The number of carbonyl (C=O) groups is 1. The molecule has 2 rings (SSSR count). The summed E-state index contributed by atoms with van der Waals surface area (Å²) in [7, 11) is -3.26. The lowest BCUT2D eigenvalue weighted by molar-refractivity contribution is 0.0734. The molecule has 4 nitrogen and oxygen atoms in total. The molecule has 0 aliphatic carbocycles. The van der Waals surface area contributed by atoms with Crippen molar-refractivity contribution in [1.29, 1.82) is 0 Å². The fourth-order valence-electron chi connectivity index (χ4n) is 1.61. The average molecular weight is 290 g/mol. The van der Waals surface area contributed by atoms with Crippen LogP contribution >= 0.6 is 0 Å². The van der Waals surface area contributed by atoms with Gasteiger partial charge in [-0.15, -0.1) is 0 Å². The van der Waals surface area contributed by atoms with Crippen LogP contribution in [0.2, 0.25) is 0 Å². The molecule has 0 fully saturated rings. The quantitative estimate of drug-likeness (QED) is 0.644. The highest BCUT2D eigenvalue weighted by atomic mass is 32.2. The van der Waals surface area contributed by atoms with Crippen molar-refractivity contribution in [2.24, 2.45) is 0 Å². The maximum atomic E-state index is 11.9. The van der Waals surface area contributed by atoms with Gasteiger partial charge in [0.15, 0.2) is 9.84 Å². The molecule has 5 heteroatoms. The van der Waals surface area contributed by atoms with Crippen LogP contribution in [0.25, 0.3) is 0 Å². The summed E-state index contributed by atoms with van der Waals surface area (Å²) in [5.41, 5.74) is 1.38. The van der Waals surface area contributed by atoms with E-state index in [2.05, 4.69) is 0 Å². The highest BCUT2D eigenvalue weighted by molar-refractivity contribution is 7.90. The Balaban J connectivity index is 2.15. The molecular weight excluding hydrogens is 276 g/mol. The van der Waals surface area contributed by atoms with Crippen molar-refractivity contribution in [3.05, 3.63) is 59.7 Å². The molecule has 2 aromatic carbocycles. The van der Waals surface area contributed by atoms with Gasteiger partial charge in [-0.3, -0.25) is 0 Å². The average Bonchev–Trinajstić information content (AvgIpc) is 2.40. The minimum atomic E-state index is -3.26. The summed E-state index contributed by atoms with van der Waals surface area (Å²) < 4.78 is 27.8. The number of benzene rings is 2. The lowest BCUT2D eigenvalue weighted by Crippen LogP contribution is -2.08. The predicted octanol–water partition coefficient (Wildman–Crippen LogP) is 2.62. The van der Waals surface area contributed by atoms with Gasteiger partial charge in [-0.05, 0) is 43.3 Å². The zero-order valence-electron chi connectivity index (χ0n) is 11.2. The van der Waals surface area contributed by atoms with E-state index in [1.807, 2.05) is 19.1 Å². The molecular formula is C15H14O4S. The van der Waals surface area contributed by atoms with Crippen molar-refractivity contribution in [2.45, 2.75) is 11.8 Å². The zero-order chi connectivity index (χ0) is 14.8. The first-order valence-electron chi connectivity index (χ1n) is 5.95. The van der Waals surface area contributed by atoms with E-state index in [9.17, 15) is 13.2 Å². The molecule has 0 aromatic heterocycles. The smallest absolute Gasteiger partial charge is 0.343 e. The summed E-state index contributed by atoms with van der Waals surface area (Å²) in [4.78, 5) is 12.1. The van der Waals surface area contributed by atoms with Gasteiger partial charge in [0.1, 0.15) is 5.75 Å². The number of aryl methyl sites for hydroxylation is 1. The largest absolute Gasteiger partial charge is 0.423 e. The molecule has 0 unspecified atom stereocenters. The summed E-state index contributed by atoms with van der Waals surface area (Å²) >= 11 is 0. The Bertz CT molecular complexity index is 713. The molecule has 0 aliphatic rings. The molecule has 0 radical (unpaired) electrons. The monoisotopic (exact) mass is 290 g/mol. The van der Waals surface area contributed by atoms with Gasteiger partial charge in [-0.1, -0.05) is 17.7 Å². The van der Waals surface area contributed by atoms with E-state index in [0.717, 1.165) is 11.8 Å². The highest BCUT2D eigenvalue weighted by Crippen LogP contribution is 2.15. The number of esters is 1. The topological polar surface area (TPSA) is 60.4 Å². The van der Waals surface area contributed by atoms with Crippen molar-refractivity contribution in [1.82, 2.24) is 0 Å². The third-order valence-corrected chi connectivity index (χ3v) is 3.88. The van der Waals surface area contributed by atoms with E-state index in [-0.39, 0.29) is 4.90 Å². The Morgan fingerprint density at radius 3 is 2.00 bits per heavy atom. The predicted molar refractivity (Wildman–Crippen MR) is 75.7 cm³/mol. The van der Waals surface area contributed by atoms with Crippen molar-refractivity contribution in [3.63, 3.8) is 0 Å². The summed E-state index contributed by atoms with van der Waals surface area (Å²) in [6.45, 7) is 1.94. The molecule has 0 N–H and O–H groups in total. The van der Waals surface area contributed by atoms with Crippen molar-refractivity contribution >= 4 is 15.8 Å². The first-order chi connectivity index (χ1) is 9.36. The molecule has 0 aliphatic heterocycles. The van der Waals surface area contributed by atoms with Gasteiger partial charge in [0.2, 0.25) is 0 Å². The van der Waals surface area contributed by atoms with Crippen LogP contribution < -0.4 is 4.74 Å². The van der Waals surface area contributed by atoms with Crippen LogP contribution in [0.15, 0.2) is 53.4 Å². The van der Waals surface area contributed by atoms with Gasteiger partial charge in [-0.25, -0.2) is 13.2 Å². The van der Waals surface area contributed by atoms with E-state index < -0.39 is 15.8 Å². The number of carbonyl (C=O) groups excluding carboxylic acids is 1. The normalized spacial score (nSPS) is 11.1. The van der Waals surface area contributed by atoms with Crippen LogP contribution in [0.5, 0.6) is 5.75 Å². The van der Waals surface area contributed by atoms with Gasteiger partial charge >= 0.3 is 5.97 Å². The van der Waals surface area contributed by atoms with E-state index in [4.69, 9.17) is 4.74 Å². The second-order valence-electron chi connectivity index (χ2n) is 4.50. The molecule has 2 aromatic rings. The second kappa shape index (κ2) is 5.46. The van der Waals surface area contributed by atoms with Gasteiger partial charge < -0.3 is 4.74 Å². The first-order valence-corrected chi connectivity index (χ1v) is 7.84. The fourth-order valence-corrected chi connectivity index (χ4v) is 2.24. The maximum absolute atomic E-state index is 11.9. The van der Waals surface area contributed by atoms with Crippen LogP contribution in [0.3, 0.4) is 0 Å². The minimum absolute atomic E-state index is 0.171.